The summed E-state index contributed by atoms with van der Waals surface area (Å²) >= 11 is 0. The van der Waals surface area contributed by atoms with Crippen LogP contribution in [0.3, 0.4) is 0 Å². The first-order valence-electron chi connectivity index (χ1n) is 10.9. The van der Waals surface area contributed by atoms with Crippen molar-refractivity contribution in [3.8, 4) is 23.6 Å². The topological polar surface area (TPSA) is 95.1 Å². The fourth-order valence-corrected chi connectivity index (χ4v) is 3.74. The van der Waals surface area contributed by atoms with E-state index in [9.17, 15) is 15.3 Å². The molecule has 3 rings (SSSR count). The maximum atomic E-state index is 12.6. The number of hydrogen-bond donors (Lipinski definition) is 1. The molecule has 6 heteroatoms. The minimum Gasteiger partial charge on any atom is -0.490 e. The van der Waals surface area contributed by atoms with Gasteiger partial charge in [0.25, 0.3) is 5.91 Å². The van der Waals surface area contributed by atoms with Crippen LogP contribution < -0.4 is 14.8 Å². The summed E-state index contributed by atoms with van der Waals surface area (Å²) in [6, 6.07) is 16.9. The molecule has 0 atom stereocenters. The van der Waals surface area contributed by atoms with Crippen LogP contribution >= 0.6 is 0 Å². The van der Waals surface area contributed by atoms with Gasteiger partial charge in [0.1, 0.15) is 18.2 Å². The summed E-state index contributed by atoms with van der Waals surface area (Å²) < 4.78 is 11.6. The van der Waals surface area contributed by atoms with Crippen molar-refractivity contribution in [2.24, 2.45) is 0 Å². The van der Waals surface area contributed by atoms with E-state index in [1.165, 1.54) is 6.42 Å². The van der Waals surface area contributed by atoms with Crippen molar-refractivity contribution < 1.29 is 14.3 Å². The molecule has 1 fully saturated rings. The van der Waals surface area contributed by atoms with Crippen molar-refractivity contribution in [1.29, 1.82) is 10.5 Å². The van der Waals surface area contributed by atoms with E-state index in [-0.39, 0.29) is 24.1 Å². The van der Waals surface area contributed by atoms with Gasteiger partial charge in [-0.15, -0.1) is 0 Å². The lowest BCUT2D eigenvalue weighted by molar-refractivity contribution is -0.117. The van der Waals surface area contributed by atoms with Crippen molar-refractivity contribution in [3.63, 3.8) is 0 Å². The second kappa shape index (κ2) is 11.6. The SMILES string of the molecule is CCOc1cc(/C=C(/C#N)C(=O)NC2CCCCC2)ccc1OCc1ccccc1C#N. The van der Waals surface area contributed by atoms with E-state index in [0.717, 1.165) is 31.2 Å². The second-order valence-corrected chi connectivity index (χ2v) is 7.68. The van der Waals surface area contributed by atoms with Crippen LogP contribution in [0.4, 0.5) is 0 Å². The van der Waals surface area contributed by atoms with Gasteiger partial charge in [0.05, 0.1) is 18.2 Å². The zero-order chi connectivity index (χ0) is 22.8. The molecule has 1 aliphatic rings. The Morgan fingerprint density at radius 3 is 2.59 bits per heavy atom. The average Bonchev–Trinajstić information content (AvgIpc) is 2.83. The molecule has 0 saturated heterocycles. The van der Waals surface area contributed by atoms with Crippen LogP contribution in [-0.4, -0.2) is 18.6 Å². The number of carbonyl (C=O) groups excluding carboxylic acids is 1. The van der Waals surface area contributed by atoms with Gasteiger partial charge in [0.2, 0.25) is 0 Å². The zero-order valence-corrected chi connectivity index (χ0v) is 18.3. The third kappa shape index (κ3) is 6.12. The summed E-state index contributed by atoms with van der Waals surface area (Å²) in [6.45, 7) is 2.54. The molecule has 2 aromatic rings. The molecule has 1 aliphatic carbocycles. The van der Waals surface area contributed by atoms with Gasteiger partial charge in [0, 0.05) is 11.6 Å². The quantitative estimate of drug-likeness (QED) is 0.476. The number of amides is 1. The molecule has 0 spiro atoms. The van der Waals surface area contributed by atoms with Gasteiger partial charge in [0.15, 0.2) is 11.5 Å². The minimum absolute atomic E-state index is 0.0645. The summed E-state index contributed by atoms with van der Waals surface area (Å²) in [4.78, 5) is 12.6. The third-order valence-electron chi connectivity index (χ3n) is 5.41. The Hall–Kier alpha value is -3.77. The van der Waals surface area contributed by atoms with Crippen LogP contribution in [0.1, 0.15) is 55.7 Å². The molecule has 2 aromatic carbocycles. The monoisotopic (exact) mass is 429 g/mol. The van der Waals surface area contributed by atoms with Crippen LogP contribution in [0.15, 0.2) is 48.0 Å². The molecule has 0 unspecified atom stereocenters. The van der Waals surface area contributed by atoms with Gasteiger partial charge in [-0.05, 0) is 49.6 Å². The van der Waals surface area contributed by atoms with Crippen LogP contribution in [-0.2, 0) is 11.4 Å². The standard InChI is InChI=1S/C26H27N3O3/c1-2-31-25-15-19(14-22(17-28)26(30)29-23-10-4-3-5-11-23)12-13-24(25)32-18-21-9-7-6-8-20(21)16-27/h6-9,12-15,23H,2-5,10-11,18H2,1H3,(H,29,30)/b22-14-. The normalized spacial score (nSPS) is 14.2. The van der Waals surface area contributed by atoms with E-state index in [1.54, 1.807) is 30.3 Å². The molecule has 6 nitrogen and oxygen atoms in total. The van der Waals surface area contributed by atoms with Crippen molar-refractivity contribution in [1.82, 2.24) is 5.32 Å². The highest BCUT2D eigenvalue weighted by atomic mass is 16.5. The Morgan fingerprint density at radius 1 is 1.09 bits per heavy atom. The van der Waals surface area contributed by atoms with Gasteiger partial charge in [-0.3, -0.25) is 4.79 Å². The number of rotatable bonds is 8. The second-order valence-electron chi connectivity index (χ2n) is 7.68. The smallest absolute Gasteiger partial charge is 0.262 e. The van der Waals surface area contributed by atoms with Gasteiger partial charge in [-0.25, -0.2) is 0 Å². The van der Waals surface area contributed by atoms with Crippen molar-refractivity contribution >= 4 is 12.0 Å². The predicted octanol–water partition coefficient (Wildman–Crippen LogP) is 4.89. The van der Waals surface area contributed by atoms with E-state index in [2.05, 4.69) is 11.4 Å². The fourth-order valence-electron chi connectivity index (χ4n) is 3.74. The molecular formula is C26H27N3O3. The summed E-state index contributed by atoms with van der Waals surface area (Å²) in [5, 5.41) is 21.7. The van der Waals surface area contributed by atoms with E-state index < -0.39 is 0 Å². The fraction of sp³-hybridized carbons (Fsp3) is 0.346. The Morgan fingerprint density at radius 2 is 1.88 bits per heavy atom. The molecule has 1 saturated carbocycles. The lowest BCUT2D eigenvalue weighted by Gasteiger charge is -2.22. The first kappa shape index (κ1) is 22.9. The van der Waals surface area contributed by atoms with Gasteiger partial charge in [-0.2, -0.15) is 10.5 Å². The summed E-state index contributed by atoms with van der Waals surface area (Å²) in [5.41, 5.74) is 2.09. The Balaban J connectivity index is 1.75. The van der Waals surface area contributed by atoms with Crippen LogP contribution in [0.5, 0.6) is 11.5 Å². The van der Waals surface area contributed by atoms with Crippen LogP contribution in [0.25, 0.3) is 6.08 Å². The number of nitrogens with one attached hydrogen (secondary N) is 1. The lowest BCUT2D eigenvalue weighted by atomic mass is 9.95. The summed E-state index contributed by atoms with van der Waals surface area (Å²) in [5.74, 6) is 0.702. The first-order chi connectivity index (χ1) is 15.6. The lowest BCUT2D eigenvalue weighted by Crippen LogP contribution is -2.36. The number of ether oxygens (including phenoxy) is 2. The highest BCUT2D eigenvalue weighted by Crippen LogP contribution is 2.30. The van der Waals surface area contributed by atoms with Crippen LogP contribution in [0.2, 0.25) is 0 Å². The third-order valence-corrected chi connectivity index (χ3v) is 5.41. The van der Waals surface area contributed by atoms with E-state index >= 15 is 0 Å². The van der Waals surface area contributed by atoms with E-state index in [0.29, 0.717) is 29.2 Å². The number of benzene rings is 2. The average molecular weight is 430 g/mol. The molecule has 0 heterocycles. The summed E-state index contributed by atoms with van der Waals surface area (Å²) in [7, 11) is 0. The molecule has 1 amide bonds. The molecule has 32 heavy (non-hydrogen) atoms. The maximum Gasteiger partial charge on any atom is 0.262 e. The highest BCUT2D eigenvalue weighted by Gasteiger charge is 2.18. The Labute approximate surface area is 189 Å². The minimum atomic E-state index is -0.342. The largest absolute Gasteiger partial charge is 0.490 e. The highest BCUT2D eigenvalue weighted by molar-refractivity contribution is 6.01. The van der Waals surface area contributed by atoms with Gasteiger partial charge >= 0.3 is 0 Å². The van der Waals surface area contributed by atoms with E-state index in [4.69, 9.17) is 9.47 Å². The molecule has 0 aromatic heterocycles. The molecule has 1 N–H and O–H groups in total. The predicted molar refractivity (Wildman–Crippen MR) is 122 cm³/mol. The number of hydrogen-bond acceptors (Lipinski definition) is 5. The van der Waals surface area contributed by atoms with Crippen LogP contribution in [0, 0.1) is 22.7 Å². The van der Waals surface area contributed by atoms with Gasteiger partial charge in [-0.1, -0.05) is 43.5 Å². The number of carbonyl (C=O) groups is 1. The molecule has 164 valence electrons. The van der Waals surface area contributed by atoms with Crippen molar-refractivity contribution in [2.45, 2.75) is 51.7 Å². The zero-order valence-electron chi connectivity index (χ0n) is 18.3. The Bertz CT molecular complexity index is 1060. The van der Waals surface area contributed by atoms with Gasteiger partial charge < -0.3 is 14.8 Å². The Kier molecular flexibility index (Phi) is 8.29. The maximum absolute atomic E-state index is 12.6. The molecular weight excluding hydrogens is 402 g/mol. The molecule has 0 bridgehead atoms. The van der Waals surface area contributed by atoms with Crippen molar-refractivity contribution in [3.05, 3.63) is 64.7 Å². The van der Waals surface area contributed by atoms with Crippen molar-refractivity contribution in [2.75, 3.05) is 6.61 Å². The first-order valence-corrected chi connectivity index (χ1v) is 10.9. The number of nitrogens with zero attached hydrogens (tertiary/aromatic N) is 2. The van der Waals surface area contributed by atoms with E-state index in [1.807, 2.05) is 31.2 Å². The summed E-state index contributed by atoms with van der Waals surface area (Å²) in [6.07, 6.45) is 6.89. The number of nitriles is 2. The molecule has 0 aliphatic heterocycles. The molecule has 0 radical (unpaired) electrons.